The van der Waals surface area contributed by atoms with Gasteiger partial charge in [0, 0.05) is 0 Å². The second-order valence-electron chi connectivity index (χ2n) is 4.32. The number of nitrogens with zero attached hydrogens (tertiary/aromatic N) is 3. The summed E-state index contributed by atoms with van der Waals surface area (Å²) < 4.78 is 0. The van der Waals surface area contributed by atoms with Gasteiger partial charge in [0.05, 0.1) is 0 Å². The van der Waals surface area contributed by atoms with Crippen LogP contribution >= 0.6 is 0 Å². The van der Waals surface area contributed by atoms with Gasteiger partial charge >= 0.3 is 11.9 Å². The standard InChI is InChI=1S/C12H15N3O9/c1-3-5(16)13-10(22)14(6(17)4-2)12(24)15(11(13)23)8(19)7(18)9(20)21/h3-4,10-12,18,20-24H,1-2H2. The van der Waals surface area contributed by atoms with Crippen molar-refractivity contribution in [1.29, 1.82) is 0 Å². The maximum atomic E-state index is 11.9. The molecule has 0 radical (unpaired) electrons. The third-order valence-electron chi connectivity index (χ3n) is 3.00. The maximum Gasteiger partial charge on any atom is 0.324 e. The van der Waals surface area contributed by atoms with E-state index in [2.05, 4.69) is 13.2 Å². The molecule has 0 aliphatic carbocycles. The van der Waals surface area contributed by atoms with Crippen molar-refractivity contribution in [3.8, 4) is 0 Å². The van der Waals surface area contributed by atoms with Gasteiger partial charge in [-0.15, -0.1) is 0 Å². The van der Waals surface area contributed by atoms with Crippen LogP contribution in [0.5, 0.6) is 0 Å². The lowest BCUT2D eigenvalue weighted by Crippen LogP contribution is -2.74. The third-order valence-corrected chi connectivity index (χ3v) is 3.00. The fourth-order valence-electron chi connectivity index (χ4n) is 1.85. The molecule has 1 rings (SSSR count). The van der Waals surface area contributed by atoms with Crippen LogP contribution in [0.15, 0.2) is 37.0 Å². The first-order chi connectivity index (χ1) is 11.1. The van der Waals surface area contributed by atoms with Crippen LogP contribution < -0.4 is 0 Å². The van der Waals surface area contributed by atoms with Gasteiger partial charge in [0.15, 0.2) is 0 Å². The van der Waals surface area contributed by atoms with Crippen molar-refractivity contribution < 1.29 is 45.0 Å². The number of carbonyl (C=O) groups excluding carboxylic acids is 3. The summed E-state index contributed by atoms with van der Waals surface area (Å²) in [7, 11) is 0. The topological polar surface area (TPSA) is 182 Å². The van der Waals surface area contributed by atoms with E-state index in [-0.39, 0.29) is 14.7 Å². The molecule has 3 amide bonds. The van der Waals surface area contributed by atoms with E-state index in [4.69, 9.17) is 10.2 Å². The van der Waals surface area contributed by atoms with E-state index < -0.39 is 48.5 Å². The van der Waals surface area contributed by atoms with Crippen molar-refractivity contribution in [3.05, 3.63) is 37.0 Å². The Bertz CT molecular complexity index is 579. The predicted octanol–water partition coefficient (Wildman–Crippen LogP) is -2.47. The Labute approximate surface area is 134 Å². The number of hydrogen-bond donors (Lipinski definition) is 6. The van der Waals surface area contributed by atoms with Gasteiger partial charge in [0.2, 0.25) is 19.1 Å². The van der Waals surface area contributed by atoms with Crippen LogP contribution in [0.25, 0.3) is 0 Å². The average Bonchev–Trinajstić information content (AvgIpc) is 2.52. The van der Waals surface area contributed by atoms with Gasteiger partial charge in [-0.3, -0.25) is 24.2 Å². The number of amides is 3. The minimum absolute atomic E-state index is 0.0721. The van der Waals surface area contributed by atoms with Crippen LogP contribution in [0.2, 0.25) is 0 Å². The third kappa shape index (κ3) is 3.01. The smallest absolute Gasteiger partial charge is 0.324 e. The van der Waals surface area contributed by atoms with Gasteiger partial charge in [0.1, 0.15) is 0 Å². The molecule has 6 N–H and O–H groups in total. The van der Waals surface area contributed by atoms with Crippen LogP contribution in [0.1, 0.15) is 0 Å². The molecular weight excluding hydrogens is 330 g/mol. The highest BCUT2D eigenvalue weighted by Crippen LogP contribution is 2.25. The van der Waals surface area contributed by atoms with E-state index in [1.165, 1.54) is 0 Å². The Morgan fingerprint density at radius 1 is 0.750 bits per heavy atom. The molecule has 2 unspecified atom stereocenters. The predicted molar refractivity (Wildman–Crippen MR) is 73.9 cm³/mol. The molecule has 1 saturated heterocycles. The molecule has 2 atom stereocenters. The molecule has 0 aromatic heterocycles. The Hall–Kier alpha value is -3.09. The van der Waals surface area contributed by atoms with Crippen LogP contribution in [-0.4, -0.2) is 82.1 Å². The number of hydrogen-bond acceptors (Lipinski definition) is 9. The maximum absolute atomic E-state index is 11.9. The number of carbonyl (C=O) groups is 3. The number of aliphatic hydroxyl groups is 6. The molecule has 24 heavy (non-hydrogen) atoms. The SMILES string of the molecule is C=CC(=O)N1C(O)N(C(=O)C=C)C(O)N(C(=O)C(O)=C(O)O)C1O. The first kappa shape index (κ1) is 19.0. The van der Waals surface area contributed by atoms with Crippen molar-refractivity contribution in [3.63, 3.8) is 0 Å². The van der Waals surface area contributed by atoms with E-state index in [1.54, 1.807) is 0 Å². The van der Waals surface area contributed by atoms with E-state index >= 15 is 0 Å². The quantitative estimate of drug-likeness (QED) is 0.238. The lowest BCUT2D eigenvalue weighted by atomic mass is 10.3. The van der Waals surface area contributed by atoms with Gasteiger partial charge < -0.3 is 30.6 Å². The van der Waals surface area contributed by atoms with Crippen LogP contribution in [-0.2, 0) is 14.4 Å². The molecule has 132 valence electrons. The van der Waals surface area contributed by atoms with Gasteiger partial charge in [-0.1, -0.05) is 13.2 Å². The summed E-state index contributed by atoms with van der Waals surface area (Å²) in [5.41, 5.74) is 0. The van der Waals surface area contributed by atoms with E-state index in [9.17, 15) is 34.8 Å². The molecule has 1 aliphatic heterocycles. The molecule has 0 aromatic rings. The average molecular weight is 345 g/mol. The lowest BCUT2D eigenvalue weighted by Gasteiger charge is -2.50. The van der Waals surface area contributed by atoms with Crippen LogP contribution in [0.3, 0.4) is 0 Å². The van der Waals surface area contributed by atoms with Crippen molar-refractivity contribution in [1.82, 2.24) is 14.7 Å². The van der Waals surface area contributed by atoms with Crippen LogP contribution in [0.4, 0.5) is 0 Å². The van der Waals surface area contributed by atoms with Crippen LogP contribution in [0, 0.1) is 0 Å². The minimum Gasteiger partial charge on any atom is -0.498 e. The summed E-state index contributed by atoms with van der Waals surface area (Å²) in [6.07, 6.45) is -5.74. The Kier molecular flexibility index (Phi) is 5.52. The van der Waals surface area contributed by atoms with Crippen molar-refractivity contribution in [2.45, 2.75) is 19.1 Å². The molecule has 1 fully saturated rings. The first-order valence-corrected chi connectivity index (χ1v) is 6.17. The first-order valence-electron chi connectivity index (χ1n) is 6.17. The molecule has 0 aromatic carbocycles. The lowest BCUT2D eigenvalue weighted by molar-refractivity contribution is -0.307. The summed E-state index contributed by atoms with van der Waals surface area (Å²) >= 11 is 0. The molecule has 0 saturated carbocycles. The second-order valence-corrected chi connectivity index (χ2v) is 4.32. The monoisotopic (exact) mass is 345 g/mol. The largest absolute Gasteiger partial charge is 0.498 e. The molecule has 0 bridgehead atoms. The summed E-state index contributed by atoms with van der Waals surface area (Å²) in [4.78, 5) is 35.7. The molecule has 12 heteroatoms. The summed E-state index contributed by atoms with van der Waals surface area (Å²) in [6, 6.07) is 0. The molecule has 0 spiro atoms. The van der Waals surface area contributed by atoms with E-state index in [0.717, 1.165) is 0 Å². The highest BCUT2D eigenvalue weighted by molar-refractivity contribution is 5.94. The van der Waals surface area contributed by atoms with Gasteiger partial charge in [0.25, 0.3) is 17.6 Å². The van der Waals surface area contributed by atoms with Gasteiger partial charge in [-0.25, -0.2) is 4.90 Å². The van der Waals surface area contributed by atoms with E-state index in [0.29, 0.717) is 12.2 Å². The zero-order valence-electron chi connectivity index (χ0n) is 12.1. The zero-order valence-corrected chi connectivity index (χ0v) is 12.1. The summed E-state index contributed by atoms with van der Waals surface area (Å²) in [6.45, 7) is 6.21. The summed E-state index contributed by atoms with van der Waals surface area (Å²) in [5.74, 6) is -7.60. The highest BCUT2D eigenvalue weighted by Gasteiger charge is 2.50. The highest BCUT2D eigenvalue weighted by atomic mass is 16.5. The fourth-order valence-corrected chi connectivity index (χ4v) is 1.85. The molecular formula is C12H15N3O9. The summed E-state index contributed by atoms with van der Waals surface area (Å²) in [5, 5.41) is 56.8. The van der Waals surface area contributed by atoms with Crippen molar-refractivity contribution >= 4 is 17.7 Å². The Morgan fingerprint density at radius 2 is 1.08 bits per heavy atom. The number of rotatable bonds is 3. The van der Waals surface area contributed by atoms with Crippen molar-refractivity contribution in [2.75, 3.05) is 0 Å². The van der Waals surface area contributed by atoms with E-state index in [1.807, 2.05) is 0 Å². The zero-order chi connectivity index (χ0) is 18.8. The molecule has 1 heterocycles. The second kappa shape index (κ2) is 6.99. The van der Waals surface area contributed by atoms with Crippen molar-refractivity contribution in [2.24, 2.45) is 0 Å². The Morgan fingerprint density at radius 3 is 1.38 bits per heavy atom. The Balaban J connectivity index is 3.46. The molecule has 1 aliphatic rings. The normalized spacial score (nSPS) is 23.5. The molecule has 12 nitrogen and oxygen atoms in total. The fraction of sp³-hybridized carbons (Fsp3) is 0.250. The van der Waals surface area contributed by atoms with Gasteiger partial charge in [-0.2, -0.15) is 0 Å². The van der Waals surface area contributed by atoms with Gasteiger partial charge in [-0.05, 0) is 12.2 Å². The minimum atomic E-state index is -2.39. The number of aliphatic hydroxyl groups excluding tert-OH is 5.